The summed E-state index contributed by atoms with van der Waals surface area (Å²) in [6.07, 6.45) is 1.74. The highest BCUT2D eigenvalue weighted by atomic mass is 32.1. The van der Waals surface area contributed by atoms with Gasteiger partial charge in [-0.2, -0.15) is 0 Å². The molecule has 0 bridgehead atoms. The fourth-order valence-electron chi connectivity index (χ4n) is 0.612. The molecular weight excluding hydrogens is 122 g/mol. The lowest BCUT2D eigenvalue weighted by molar-refractivity contribution is 0.688. The Hall–Kier alpha value is -0.830. The van der Waals surface area contributed by atoms with Crippen LogP contribution in [0.4, 0.5) is 0 Å². The number of fused-ring (bicyclic) bond motifs is 1. The molecule has 2 aliphatic rings. The Kier molecular flexibility index (Phi) is 0.676. The largest absolute Gasteiger partial charge is 0.381 e. The predicted molar refractivity (Wildman–Crippen MR) is 31.0 cm³/mol. The average molecular weight is 125 g/mol. The number of nitrogens with zero attached hydrogens (tertiary/aromatic N) is 1. The smallest absolute Gasteiger partial charge is 0.242 e. The molecule has 0 amide bonds. The molecule has 0 saturated carbocycles. The lowest BCUT2D eigenvalue weighted by atomic mass is 10.4. The summed E-state index contributed by atoms with van der Waals surface area (Å²) < 4.78 is 4.99. The first kappa shape index (κ1) is 4.09. The van der Waals surface area contributed by atoms with Gasteiger partial charge in [-0.1, -0.05) is 0 Å². The van der Waals surface area contributed by atoms with Gasteiger partial charge in [0.2, 0.25) is 5.89 Å². The van der Waals surface area contributed by atoms with Crippen molar-refractivity contribution in [2.75, 3.05) is 0 Å². The van der Waals surface area contributed by atoms with E-state index in [1.54, 1.807) is 6.20 Å². The summed E-state index contributed by atoms with van der Waals surface area (Å²) in [6.45, 7) is 0. The Morgan fingerprint density at radius 3 is 3.50 bits per heavy atom. The zero-order chi connectivity index (χ0) is 5.40. The van der Waals surface area contributed by atoms with E-state index in [9.17, 15) is 0 Å². The summed E-state index contributed by atoms with van der Waals surface area (Å²) in [5.41, 5.74) is 1.09. The summed E-state index contributed by atoms with van der Waals surface area (Å²) >= 11 is 1.32. The highest BCUT2D eigenvalue weighted by molar-refractivity contribution is 7.01. The van der Waals surface area contributed by atoms with Crippen molar-refractivity contribution in [2.24, 2.45) is 0 Å². The molecule has 0 unspecified atom stereocenters. The van der Waals surface area contributed by atoms with Crippen LogP contribution >= 0.6 is 11.6 Å². The third-order valence-electron chi connectivity index (χ3n) is 0.995. The normalized spacial score (nSPS) is 10.5. The molecule has 0 aromatic heterocycles. The number of hydrogen-bond acceptors (Lipinski definition) is 3. The maximum atomic E-state index is 4.99. The molecule has 3 heteroatoms. The van der Waals surface area contributed by atoms with Gasteiger partial charge in [0, 0.05) is 23.2 Å². The van der Waals surface area contributed by atoms with Crippen molar-refractivity contribution in [3.63, 3.8) is 0 Å². The van der Waals surface area contributed by atoms with Gasteiger partial charge in [-0.15, -0.1) is 0 Å². The molecule has 2 nitrogen and oxygen atoms in total. The van der Waals surface area contributed by atoms with E-state index in [1.807, 2.05) is 11.4 Å². The molecule has 0 fully saturated rings. The van der Waals surface area contributed by atoms with E-state index >= 15 is 0 Å². The van der Waals surface area contributed by atoms with Crippen LogP contribution in [-0.2, 0) is 0 Å². The highest BCUT2D eigenvalue weighted by Gasteiger charge is 2.04. The topological polar surface area (TPSA) is 26.0 Å². The Labute approximate surface area is 50.3 Å². The lowest BCUT2D eigenvalue weighted by Crippen LogP contribution is -1.59. The molecule has 0 atom stereocenters. The van der Waals surface area contributed by atoms with Gasteiger partial charge in [0.1, 0.15) is 0 Å². The summed E-state index contributed by atoms with van der Waals surface area (Å²) in [5.74, 6) is 0.745. The van der Waals surface area contributed by atoms with Crippen molar-refractivity contribution in [1.29, 1.82) is 0 Å². The first-order chi connectivity index (χ1) is 3.97. The molecule has 0 aliphatic carbocycles. The Morgan fingerprint density at radius 2 is 2.62 bits per heavy atom. The van der Waals surface area contributed by atoms with E-state index in [2.05, 4.69) is 4.98 Å². The summed E-state index contributed by atoms with van der Waals surface area (Å²) in [5, 5.41) is 1.93. The van der Waals surface area contributed by atoms with Crippen LogP contribution in [0.5, 0.6) is 0 Å². The molecule has 0 saturated heterocycles. The molecular formula is C5H3NOS. The molecule has 0 N–H and O–H groups in total. The number of hydrogen-bond donors (Lipinski definition) is 0. The van der Waals surface area contributed by atoms with E-state index in [0.717, 1.165) is 11.5 Å². The van der Waals surface area contributed by atoms with E-state index in [1.165, 1.54) is 11.6 Å². The van der Waals surface area contributed by atoms with Crippen molar-refractivity contribution in [2.45, 2.75) is 0 Å². The van der Waals surface area contributed by atoms with Crippen molar-refractivity contribution in [3.8, 4) is 11.5 Å². The van der Waals surface area contributed by atoms with Crippen molar-refractivity contribution < 1.29 is 3.85 Å². The van der Waals surface area contributed by atoms with Gasteiger partial charge in [0.25, 0.3) is 0 Å². The minimum absolute atomic E-state index is 0.745. The monoisotopic (exact) mass is 125 g/mol. The third-order valence-corrected chi connectivity index (χ3v) is 1.60. The molecule has 40 valence electrons. The lowest BCUT2D eigenvalue weighted by Gasteiger charge is -1.72. The van der Waals surface area contributed by atoms with Gasteiger partial charge in [0.05, 0.1) is 5.56 Å². The second-order valence-corrected chi connectivity index (χ2v) is 2.10. The molecule has 2 aliphatic heterocycles. The summed E-state index contributed by atoms with van der Waals surface area (Å²) in [7, 11) is 0. The van der Waals surface area contributed by atoms with Gasteiger partial charge in [-0.05, 0) is 6.07 Å². The maximum absolute atomic E-state index is 4.99. The fraction of sp³-hybridized carbons (Fsp3) is 0. The summed E-state index contributed by atoms with van der Waals surface area (Å²) in [6, 6.07) is 1.93. The van der Waals surface area contributed by atoms with Gasteiger partial charge >= 0.3 is 0 Å². The van der Waals surface area contributed by atoms with E-state index < -0.39 is 0 Å². The van der Waals surface area contributed by atoms with Gasteiger partial charge in [-0.3, -0.25) is 0 Å². The zero-order valence-electron chi connectivity index (χ0n) is 4.00. The highest BCUT2D eigenvalue weighted by Crippen LogP contribution is 2.23. The Balaban J connectivity index is 2.84. The average Bonchev–Trinajstić information content (AvgIpc) is 2.15. The minimum atomic E-state index is 0.745. The van der Waals surface area contributed by atoms with Crippen LogP contribution in [0.25, 0.3) is 11.5 Å². The Bertz CT molecular complexity index is 204. The molecule has 0 aromatic carbocycles. The van der Waals surface area contributed by atoms with Crippen LogP contribution in [0.3, 0.4) is 0 Å². The molecule has 0 aromatic rings. The first-order valence-corrected chi connectivity index (χ1v) is 3.05. The fourth-order valence-corrected chi connectivity index (χ4v) is 1.17. The van der Waals surface area contributed by atoms with Crippen LogP contribution in [0.1, 0.15) is 0 Å². The molecule has 0 radical (unpaired) electrons. The van der Waals surface area contributed by atoms with Gasteiger partial charge < -0.3 is 3.85 Å². The number of rotatable bonds is 0. The van der Waals surface area contributed by atoms with Gasteiger partial charge in [0.15, 0.2) is 0 Å². The van der Waals surface area contributed by atoms with E-state index in [4.69, 9.17) is 3.85 Å². The van der Waals surface area contributed by atoms with Crippen molar-refractivity contribution in [1.82, 2.24) is 4.98 Å². The number of aromatic nitrogens is 1. The predicted octanol–water partition coefficient (Wildman–Crippen LogP) is 1.84. The van der Waals surface area contributed by atoms with Crippen molar-refractivity contribution >= 4 is 11.6 Å². The molecule has 0 spiro atoms. The van der Waals surface area contributed by atoms with Crippen LogP contribution in [0, 0.1) is 0 Å². The van der Waals surface area contributed by atoms with Crippen LogP contribution in [-0.4, -0.2) is 4.98 Å². The van der Waals surface area contributed by atoms with Crippen LogP contribution in [0.2, 0.25) is 0 Å². The Morgan fingerprint density at radius 1 is 1.62 bits per heavy atom. The summed E-state index contributed by atoms with van der Waals surface area (Å²) in [4.78, 5) is 3.92. The SMILES string of the molecule is c1cc2csoc-2n1. The van der Waals surface area contributed by atoms with Crippen LogP contribution < -0.4 is 0 Å². The minimum Gasteiger partial charge on any atom is -0.381 e. The standard InChI is InChI=1S/C5H3NOS/c1-2-6-5-4(1)3-8-7-5/h1-3H. The zero-order valence-corrected chi connectivity index (χ0v) is 4.81. The second-order valence-electron chi connectivity index (χ2n) is 1.50. The van der Waals surface area contributed by atoms with E-state index in [-0.39, 0.29) is 0 Å². The quantitative estimate of drug-likeness (QED) is 0.537. The molecule has 8 heavy (non-hydrogen) atoms. The second kappa shape index (κ2) is 1.32. The van der Waals surface area contributed by atoms with E-state index in [0.29, 0.717) is 0 Å². The van der Waals surface area contributed by atoms with Gasteiger partial charge in [-0.25, -0.2) is 4.98 Å². The third kappa shape index (κ3) is 0.391. The maximum Gasteiger partial charge on any atom is 0.242 e. The molecule has 2 heterocycles. The van der Waals surface area contributed by atoms with Crippen molar-refractivity contribution in [3.05, 3.63) is 17.6 Å². The van der Waals surface area contributed by atoms with Crippen LogP contribution in [0.15, 0.2) is 21.5 Å². The first-order valence-electron chi connectivity index (χ1n) is 2.25. The molecule has 2 rings (SSSR count).